The van der Waals surface area contributed by atoms with Crippen LogP contribution in [0.25, 0.3) is 11.4 Å². The van der Waals surface area contributed by atoms with Gasteiger partial charge in [-0.15, -0.1) is 0 Å². The minimum Gasteiger partial charge on any atom is -0.496 e. The van der Waals surface area contributed by atoms with Crippen LogP contribution in [0, 0.1) is 0 Å². The lowest BCUT2D eigenvalue weighted by molar-refractivity contribution is -0.137. The molecule has 1 aromatic heterocycles. The maximum atomic E-state index is 10.4. The summed E-state index contributed by atoms with van der Waals surface area (Å²) in [7, 11) is 1.60. The highest BCUT2D eigenvalue weighted by Crippen LogP contribution is 2.29. The summed E-state index contributed by atoms with van der Waals surface area (Å²) in [6.07, 6.45) is 2.05. The van der Waals surface area contributed by atoms with Gasteiger partial charge in [-0.25, -0.2) is 0 Å². The molecule has 0 saturated heterocycles. The molecule has 0 aliphatic carbocycles. The number of ether oxygens (including phenoxy) is 1. The second-order valence-corrected chi connectivity index (χ2v) is 5.32. The number of unbranched alkanes of at least 4 members (excludes halogenated alkanes) is 1. The minimum atomic E-state index is -0.788. The van der Waals surface area contributed by atoms with E-state index in [1.165, 1.54) is 0 Å². The first kappa shape index (κ1) is 15.5. The number of methoxy groups -OCH3 is 1. The topological polar surface area (TPSA) is 85.5 Å². The Kier molecular flexibility index (Phi) is 5.32. The van der Waals surface area contributed by atoms with Crippen LogP contribution in [-0.2, 0) is 11.2 Å². The zero-order valence-corrected chi connectivity index (χ0v) is 13.1. The number of rotatable bonds is 7. The first-order chi connectivity index (χ1) is 10.1. The smallest absolute Gasteiger partial charge is 0.303 e. The highest BCUT2D eigenvalue weighted by atomic mass is 79.9. The van der Waals surface area contributed by atoms with Crippen LogP contribution < -0.4 is 4.74 Å². The molecular weight excluding hydrogens is 340 g/mol. The van der Waals surface area contributed by atoms with Crippen LogP contribution in [0.1, 0.15) is 25.2 Å². The third-order valence-electron chi connectivity index (χ3n) is 2.91. The van der Waals surface area contributed by atoms with Gasteiger partial charge in [0.1, 0.15) is 5.75 Å². The number of carboxylic acid groups (broad SMARTS) is 1. The third-order valence-corrected chi connectivity index (χ3v) is 3.53. The lowest BCUT2D eigenvalue weighted by Crippen LogP contribution is -1.95. The Balaban J connectivity index is 1.99. The van der Waals surface area contributed by atoms with E-state index in [0.717, 1.165) is 15.8 Å². The lowest BCUT2D eigenvalue weighted by Gasteiger charge is -2.03. The molecule has 0 aliphatic heterocycles. The molecule has 21 heavy (non-hydrogen) atoms. The second kappa shape index (κ2) is 7.21. The van der Waals surface area contributed by atoms with Crippen molar-refractivity contribution < 1.29 is 19.2 Å². The van der Waals surface area contributed by atoms with Crippen molar-refractivity contribution in [3.05, 3.63) is 28.6 Å². The fourth-order valence-electron chi connectivity index (χ4n) is 1.83. The Hall–Kier alpha value is -1.89. The molecule has 7 heteroatoms. The van der Waals surface area contributed by atoms with Crippen LogP contribution in [0.2, 0.25) is 0 Å². The molecule has 0 atom stereocenters. The maximum Gasteiger partial charge on any atom is 0.303 e. The van der Waals surface area contributed by atoms with Crippen molar-refractivity contribution in [1.82, 2.24) is 10.1 Å². The molecule has 0 unspecified atom stereocenters. The molecular formula is C14H15BrN2O4. The number of aliphatic carboxylic acids is 1. The van der Waals surface area contributed by atoms with Gasteiger partial charge in [0.25, 0.3) is 0 Å². The van der Waals surface area contributed by atoms with E-state index in [4.69, 9.17) is 14.4 Å². The molecule has 1 aromatic carbocycles. The predicted octanol–water partition coefficient (Wildman–Crippen LogP) is 3.31. The van der Waals surface area contributed by atoms with Crippen molar-refractivity contribution in [2.24, 2.45) is 0 Å². The first-order valence-corrected chi connectivity index (χ1v) is 7.27. The van der Waals surface area contributed by atoms with Crippen molar-refractivity contribution in [1.29, 1.82) is 0 Å². The van der Waals surface area contributed by atoms with Gasteiger partial charge in [0.05, 0.1) is 11.6 Å². The molecule has 112 valence electrons. The summed E-state index contributed by atoms with van der Waals surface area (Å²) < 4.78 is 11.1. The summed E-state index contributed by atoms with van der Waals surface area (Å²) >= 11 is 3.41. The van der Waals surface area contributed by atoms with Gasteiger partial charge in [0, 0.05) is 18.4 Å². The molecule has 1 N–H and O–H groups in total. The molecule has 0 amide bonds. The van der Waals surface area contributed by atoms with E-state index in [9.17, 15) is 4.79 Å². The van der Waals surface area contributed by atoms with Crippen molar-refractivity contribution >= 4 is 21.9 Å². The lowest BCUT2D eigenvalue weighted by atomic mass is 10.2. The Bertz CT molecular complexity index is 627. The van der Waals surface area contributed by atoms with Gasteiger partial charge in [-0.2, -0.15) is 4.98 Å². The van der Waals surface area contributed by atoms with E-state index in [-0.39, 0.29) is 6.42 Å². The van der Waals surface area contributed by atoms with Crippen molar-refractivity contribution in [3.8, 4) is 17.1 Å². The monoisotopic (exact) mass is 354 g/mol. The van der Waals surface area contributed by atoms with E-state index < -0.39 is 5.97 Å². The van der Waals surface area contributed by atoms with Crippen LogP contribution >= 0.6 is 15.9 Å². The highest BCUT2D eigenvalue weighted by molar-refractivity contribution is 9.10. The second-order valence-electron chi connectivity index (χ2n) is 4.46. The highest BCUT2D eigenvalue weighted by Gasteiger charge is 2.10. The number of hydrogen-bond donors (Lipinski definition) is 1. The van der Waals surface area contributed by atoms with Gasteiger partial charge in [-0.1, -0.05) is 5.16 Å². The van der Waals surface area contributed by atoms with Crippen LogP contribution in [0.4, 0.5) is 0 Å². The minimum absolute atomic E-state index is 0.159. The molecule has 1 heterocycles. The van der Waals surface area contributed by atoms with Crippen LogP contribution in [0.5, 0.6) is 5.75 Å². The van der Waals surface area contributed by atoms with E-state index in [0.29, 0.717) is 31.0 Å². The summed E-state index contributed by atoms with van der Waals surface area (Å²) in [5.41, 5.74) is 0.822. The molecule has 0 fully saturated rings. The van der Waals surface area contributed by atoms with Crippen LogP contribution in [0.15, 0.2) is 27.2 Å². The molecule has 2 aromatic rings. The number of hydrogen-bond acceptors (Lipinski definition) is 5. The standard InChI is InChI=1S/C14H15BrN2O4/c1-20-11-7-6-9(8-10(11)15)14-16-12(21-17-14)4-2-3-5-13(18)19/h6-8H,2-5H2,1H3,(H,18,19). The maximum absolute atomic E-state index is 10.4. The molecule has 6 nitrogen and oxygen atoms in total. The zero-order chi connectivity index (χ0) is 15.2. The Morgan fingerprint density at radius 2 is 2.24 bits per heavy atom. The number of aryl methyl sites for hydroxylation is 1. The summed E-state index contributed by atoms with van der Waals surface area (Å²) in [6.45, 7) is 0. The number of halogens is 1. The van der Waals surface area contributed by atoms with Gasteiger partial charge >= 0.3 is 5.97 Å². The van der Waals surface area contributed by atoms with E-state index in [1.807, 2.05) is 18.2 Å². The van der Waals surface area contributed by atoms with Crippen LogP contribution in [-0.4, -0.2) is 28.3 Å². The van der Waals surface area contributed by atoms with Crippen molar-refractivity contribution in [2.75, 3.05) is 7.11 Å². The molecule has 0 bridgehead atoms. The fourth-order valence-corrected chi connectivity index (χ4v) is 2.37. The summed E-state index contributed by atoms with van der Waals surface area (Å²) in [4.78, 5) is 14.7. The predicted molar refractivity (Wildman–Crippen MR) is 79.2 cm³/mol. The summed E-state index contributed by atoms with van der Waals surface area (Å²) in [5.74, 6) is 0.967. The molecule has 2 rings (SSSR count). The molecule has 0 aliphatic rings. The fraction of sp³-hybridized carbons (Fsp3) is 0.357. The zero-order valence-electron chi connectivity index (χ0n) is 11.5. The number of benzene rings is 1. The number of nitrogens with zero attached hydrogens (tertiary/aromatic N) is 2. The van der Waals surface area contributed by atoms with Gasteiger partial charge in [0.15, 0.2) is 0 Å². The molecule has 0 spiro atoms. The largest absolute Gasteiger partial charge is 0.496 e. The number of aromatic nitrogens is 2. The third kappa shape index (κ3) is 4.29. The van der Waals surface area contributed by atoms with E-state index in [1.54, 1.807) is 7.11 Å². The van der Waals surface area contributed by atoms with Gasteiger partial charge < -0.3 is 14.4 Å². The first-order valence-electron chi connectivity index (χ1n) is 6.48. The number of carboxylic acids is 1. The number of carbonyl (C=O) groups is 1. The summed E-state index contributed by atoms with van der Waals surface area (Å²) in [5, 5.41) is 12.5. The van der Waals surface area contributed by atoms with E-state index >= 15 is 0 Å². The van der Waals surface area contributed by atoms with Gasteiger partial charge in [0.2, 0.25) is 11.7 Å². The Morgan fingerprint density at radius 3 is 2.90 bits per heavy atom. The average Bonchev–Trinajstić information content (AvgIpc) is 2.92. The SMILES string of the molecule is COc1ccc(-c2noc(CCCCC(=O)O)n2)cc1Br. The summed E-state index contributed by atoms with van der Waals surface area (Å²) in [6, 6.07) is 5.53. The Morgan fingerprint density at radius 1 is 1.43 bits per heavy atom. The van der Waals surface area contributed by atoms with E-state index in [2.05, 4.69) is 26.1 Å². The van der Waals surface area contributed by atoms with Gasteiger partial charge in [-0.05, 0) is 47.0 Å². The quantitative estimate of drug-likeness (QED) is 0.767. The van der Waals surface area contributed by atoms with Crippen LogP contribution in [0.3, 0.4) is 0 Å². The normalized spacial score (nSPS) is 10.6. The van der Waals surface area contributed by atoms with Gasteiger partial charge in [-0.3, -0.25) is 4.79 Å². The molecule has 0 radical (unpaired) electrons. The molecule has 0 saturated carbocycles. The average molecular weight is 355 g/mol. The van der Waals surface area contributed by atoms with Crippen molar-refractivity contribution in [2.45, 2.75) is 25.7 Å². The Labute approximate surface area is 130 Å². The van der Waals surface area contributed by atoms with Crippen molar-refractivity contribution in [3.63, 3.8) is 0 Å².